The molecule has 4 aliphatic rings. The van der Waals surface area contributed by atoms with Gasteiger partial charge in [0, 0.05) is 12.5 Å². The van der Waals surface area contributed by atoms with E-state index >= 15 is 0 Å². The minimum Gasteiger partial charge on any atom is -0.411 e. The zero-order chi connectivity index (χ0) is 12.8. The number of piperidine rings is 1. The van der Waals surface area contributed by atoms with Crippen LogP contribution in [0.4, 0.5) is 0 Å². The molecule has 5 atom stereocenters. The molecule has 0 radical (unpaired) electrons. The van der Waals surface area contributed by atoms with Gasteiger partial charge in [-0.3, -0.25) is 4.90 Å². The molecule has 3 saturated carbocycles. The lowest BCUT2D eigenvalue weighted by Crippen LogP contribution is -2.51. The van der Waals surface area contributed by atoms with Crippen molar-refractivity contribution in [2.45, 2.75) is 57.4 Å². The van der Waals surface area contributed by atoms with Crippen LogP contribution in [0.25, 0.3) is 0 Å². The maximum Gasteiger partial charge on any atom is 0.0775 e. The van der Waals surface area contributed by atoms with Gasteiger partial charge in [-0.15, -0.1) is 0 Å². The zero-order valence-corrected chi connectivity index (χ0v) is 11.8. The van der Waals surface area contributed by atoms with Gasteiger partial charge in [-0.2, -0.15) is 0 Å². The second kappa shape index (κ2) is 4.76. The van der Waals surface area contributed by atoms with E-state index in [0.29, 0.717) is 12.0 Å². The van der Waals surface area contributed by atoms with Gasteiger partial charge < -0.3 is 5.21 Å². The van der Waals surface area contributed by atoms with Crippen LogP contribution in [0.5, 0.6) is 0 Å². The number of rotatable bonds is 1. The van der Waals surface area contributed by atoms with Crippen molar-refractivity contribution in [2.24, 2.45) is 28.8 Å². The van der Waals surface area contributed by atoms with Crippen LogP contribution in [-0.4, -0.2) is 35.0 Å². The standard InChI is InChI=1S/C16H26N2O/c19-17-15-12-5-6-13(9-12)16(15)18-8-7-11-3-1-2-4-14(11)10-18/h11-14,16,19H,1-10H2/b17-15-. The van der Waals surface area contributed by atoms with E-state index in [2.05, 4.69) is 10.1 Å². The van der Waals surface area contributed by atoms with E-state index in [1.165, 1.54) is 64.5 Å². The average molecular weight is 262 g/mol. The summed E-state index contributed by atoms with van der Waals surface area (Å²) in [5.41, 5.74) is 1.13. The van der Waals surface area contributed by atoms with E-state index in [-0.39, 0.29) is 0 Å². The summed E-state index contributed by atoms with van der Waals surface area (Å²) in [5, 5.41) is 13.1. The van der Waals surface area contributed by atoms with Crippen molar-refractivity contribution >= 4 is 5.71 Å². The number of fused-ring (bicyclic) bond motifs is 3. The molecule has 4 rings (SSSR count). The Morgan fingerprint density at radius 2 is 1.79 bits per heavy atom. The van der Waals surface area contributed by atoms with Gasteiger partial charge >= 0.3 is 0 Å². The van der Waals surface area contributed by atoms with E-state index in [1.54, 1.807) is 0 Å². The van der Waals surface area contributed by atoms with Crippen molar-refractivity contribution < 1.29 is 5.21 Å². The fourth-order valence-corrected chi connectivity index (χ4v) is 5.56. The number of nitrogens with zero attached hydrogens (tertiary/aromatic N) is 2. The van der Waals surface area contributed by atoms with Crippen LogP contribution in [0.3, 0.4) is 0 Å². The summed E-state index contributed by atoms with van der Waals surface area (Å²) in [6.07, 6.45) is 11.1. The average Bonchev–Trinajstić information content (AvgIpc) is 3.07. The Balaban J connectivity index is 1.50. The van der Waals surface area contributed by atoms with Gasteiger partial charge in [0.2, 0.25) is 0 Å². The van der Waals surface area contributed by atoms with Crippen molar-refractivity contribution in [3.05, 3.63) is 0 Å². The highest BCUT2D eigenvalue weighted by Crippen LogP contribution is 2.47. The zero-order valence-electron chi connectivity index (χ0n) is 11.8. The van der Waals surface area contributed by atoms with Crippen LogP contribution >= 0.6 is 0 Å². The molecule has 0 spiro atoms. The minimum absolute atomic E-state index is 0.492. The molecule has 1 heterocycles. The van der Waals surface area contributed by atoms with E-state index in [9.17, 15) is 5.21 Å². The molecule has 1 saturated heterocycles. The second-order valence-corrected chi connectivity index (χ2v) is 7.33. The Morgan fingerprint density at radius 3 is 2.63 bits per heavy atom. The number of hydrogen-bond acceptors (Lipinski definition) is 3. The monoisotopic (exact) mass is 262 g/mol. The molecule has 5 unspecified atom stereocenters. The maximum absolute atomic E-state index is 9.38. The fraction of sp³-hybridized carbons (Fsp3) is 0.938. The summed E-state index contributed by atoms with van der Waals surface area (Å²) in [6, 6.07) is 0.492. The van der Waals surface area contributed by atoms with E-state index in [0.717, 1.165) is 23.5 Å². The van der Waals surface area contributed by atoms with E-state index in [4.69, 9.17) is 0 Å². The predicted octanol–water partition coefficient (Wildman–Crippen LogP) is 3.13. The third-order valence-electron chi connectivity index (χ3n) is 6.47. The SMILES string of the molecule is O/N=C1/C2CCC(C2)C1N1CCC2CCCCC2C1. The fourth-order valence-electron chi connectivity index (χ4n) is 5.56. The Bertz CT molecular complexity index is 381. The quantitative estimate of drug-likeness (QED) is 0.582. The molecular weight excluding hydrogens is 236 g/mol. The topological polar surface area (TPSA) is 35.8 Å². The summed E-state index contributed by atoms with van der Waals surface area (Å²) in [6.45, 7) is 2.52. The first-order valence-electron chi connectivity index (χ1n) is 8.32. The van der Waals surface area contributed by atoms with Gasteiger partial charge in [0.05, 0.1) is 11.8 Å². The van der Waals surface area contributed by atoms with Crippen LogP contribution < -0.4 is 0 Å². The van der Waals surface area contributed by atoms with Crippen molar-refractivity contribution in [1.82, 2.24) is 4.90 Å². The largest absolute Gasteiger partial charge is 0.411 e. The smallest absolute Gasteiger partial charge is 0.0775 e. The van der Waals surface area contributed by atoms with Gasteiger partial charge in [-0.1, -0.05) is 24.4 Å². The van der Waals surface area contributed by atoms with Crippen molar-refractivity contribution in [3.8, 4) is 0 Å². The van der Waals surface area contributed by atoms with Crippen LogP contribution in [0.15, 0.2) is 5.16 Å². The summed E-state index contributed by atoms with van der Waals surface area (Å²) in [4.78, 5) is 2.69. The molecule has 3 heteroatoms. The molecule has 2 bridgehead atoms. The summed E-state index contributed by atoms with van der Waals surface area (Å²) in [5.74, 6) is 3.32. The van der Waals surface area contributed by atoms with Gasteiger partial charge in [0.15, 0.2) is 0 Å². The first-order valence-corrected chi connectivity index (χ1v) is 8.32. The summed E-state index contributed by atoms with van der Waals surface area (Å²) >= 11 is 0. The van der Waals surface area contributed by atoms with E-state index in [1.807, 2.05) is 0 Å². The van der Waals surface area contributed by atoms with Crippen LogP contribution in [0.1, 0.15) is 51.4 Å². The van der Waals surface area contributed by atoms with E-state index < -0.39 is 0 Å². The first-order chi connectivity index (χ1) is 9.36. The van der Waals surface area contributed by atoms with Crippen molar-refractivity contribution in [1.29, 1.82) is 0 Å². The van der Waals surface area contributed by atoms with Crippen LogP contribution in [-0.2, 0) is 0 Å². The Kier molecular flexibility index (Phi) is 3.06. The third kappa shape index (κ3) is 1.93. The molecular formula is C16H26N2O. The highest BCUT2D eigenvalue weighted by molar-refractivity contribution is 5.94. The van der Waals surface area contributed by atoms with Crippen LogP contribution in [0, 0.1) is 23.7 Å². The van der Waals surface area contributed by atoms with Gasteiger partial charge in [-0.25, -0.2) is 0 Å². The molecule has 4 fully saturated rings. The normalized spacial score (nSPS) is 48.6. The molecule has 0 aromatic rings. The summed E-state index contributed by atoms with van der Waals surface area (Å²) in [7, 11) is 0. The van der Waals surface area contributed by atoms with Gasteiger partial charge in [0.1, 0.15) is 0 Å². The lowest BCUT2D eigenvalue weighted by atomic mass is 9.74. The number of oxime groups is 1. The highest BCUT2D eigenvalue weighted by atomic mass is 16.4. The molecule has 3 nitrogen and oxygen atoms in total. The lowest BCUT2D eigenvalue weighted by Gasteiger charge is -2.45. The molecule has 0 aromatic carbocycles. The third-order valence-corrected chi connectivity index (χ3v) is 6.47. The first kappa shape index (κ1) is 12.2. The molecule has 106 valence electrons. The van der Waals surface area contributed by atoms with Crippen molar-refractivity contribution in [2.75, 3.05) is 13.1 Å². The highest BCUT2D eigenvalue weighted by Gasteiger charge is 2.49. The van der Waals surface area contributed by atoms with Crippen LogP contribution in [0.2, 0.25) is 0 Å². The van der Waals surface area contributed by atoms with Gasteiger partial charge in [-0.05, 0) is 56.4 Å². The Labute approximate surface area is 116 Å². The molecule has 0 amide bonds. The Hall–Kier alpha value is -0.570. The minimum atomic E-state index is 0.492. The van der Waals surface area contributed by atoms with Crippen molar-refractivity contribution in [3.63, 3.8) is 0 Å². The molecule has 0 aromatic heterocycles. The number of likely N-dealkylation sites (tertiary alicyclic amines) is 1. The molecule has 3 aliphatic carbocycles. The predicted molar refractivity (Wildman–Crippen MR) is 75.5 cm³/mol. The lowest BCUT2D eigenvalue weighted by molar-refractivity contribution is 0.0602. The molecule has 1 N–H and O–H groups in total. The maximum atomic E-state index is 9.38. The molecule has 19 heavy (non-hydrogen) atoms. The molecule has 1 aliphatic heterocycles. The Morgan fingerprint density at radius 1 is 0.947 bits per heavy atom. The van der Waals surface area contributed by atoms with Gasteiger partial charge in [0.25, 0.3) is 0 Å². The summed E-state index contributed by atoms with van der Waals surface area (Å²) < 4.78 is 0. The number of hydrogen-bond donors (Lipinski definition) is 1. The second-order valence-electron chi connectivity index (χ2n) is 7.33.